The highest BCUT2D eigenvalue weighted by molar-refractivity contribution is 6.06. The van der Waals surface area contributed by atoms with E-state index in [1.807, 2.05) is 6.07 Å². The van der Waals surface area contributed by atoms with E-state index in [1.165, 1.54) is 12.3 Å². The molecule has 0 fully saturated rings. The molecule has 0 saturated heterocycles. The Kier molecular flexibility index (Phi) is 4.46. The van der Waals surface area contributed by atoms with Gasteiger partial charge in [-0.2, -0.15) is 18.4 Å². The van der Waals surface area contributed by atoms with E-state index in [1.54, 1.807) is 41.8 Å². The third kappa shape index (κ3) is 3.05. The molecule has 0 saturated carbocycles. The molecule has 30 heavy (non-hydrogen) atoms. The van der Waals surface area contributed by atoms with Crippen LogP contribution in [0, 0.1) is 18.3 Å². The first-order chi connectivity index (χ1) is 14.2. The molecule has 0 bridgehead atoms. The number of alkyl halides is 3. The molecule has 0 spiro atoms. The lowest BCUT2D eigenvalue weighted by molar-refractivity contribution is -0.138. The zero-order chi connectivity index (χ0) is 21.6. The fraction of sp³-hybridized carbons (Fsp3) is 0.136. The summed E-state index contributed by atoms with van der Waals surface area (Å²) in [6.45, 7) is 1.40. The minimum Gasteiger partial charge on any atom is -0.480 e. The Morgan fingerprint density at radius 2 is 1.97 bits per heavy atom. The second-order valence-electron chi connectivity index (χ2n) is 6.84. The molecule has 0 aliphatic carbocycles. The Bertz CT molecular complexity index is 1360. The van der Waals surface area contributed by atoms with Gasteiger partial charge in [-0.15, -0.1) is 0 Å². The largest absolute Gasteiger partial charge is 0.480 e. The number of hydrogen-bond donors (Lipinski definition) is 1. The Morgan fingerprint density at radius 1 is 1.20 bits per heavy atom. The van der Waals surface area contributed by atoms with Crippen molar-refractivity contribution in [1.82, 2.24) is 9.55 Å². The SMILES string of the molecule is Cc1c(-c2ccnc3c(C(F)(F)F)cccc23)c2cc(C#N)ccc2n1CC(=O)O. The number of carbonyl (C=O) groups is 1. The van der Waals surface area contributed by atoms with Crippen LogP contribution in [0.2, 0.25) is 0 Å². The van der Waals surface area contributed by atoms with E-state index in [4.69, 9.17) is 0 Å². The van der Waals surface area contributed by atoms with E-state index >= 15 is 0 Å². The first-order valence-electron chi connectivity index (χ1n) is 8.92. The average Bonchev–Trinajstić information content (AvgIpc) is 2.96. The number of hydrogen-bond acceptors (Lipinski definition) is 3. The maximum absolute atomic E-state index is 13.5. The molecular weight excluding hydrogens is 395 g/mol. The van der Waals surface area contributed by atoms with Gasteiger partial charge in [0.1, 0.15) is 6.54 Å². The van der Waals surface area contributed by atoms with Gasteiger partial charge in [0.05, 0.1) is 22.7 Å². The van der Waals surface area contributed by atoms with Gasteiger partial charge in [-0.05, 0) is 42.8 Å². The standard InChI is InChI=1S/C22H14F3N3O2/c1-12-20(16-9-13(10-26)5-6-18(16)28(12)11-19(29)30)14-7-8-27-21-15(14)3-2-4-17(21)22(23,24)25/h2-9H,11H2,1H3,(H,29,30). The average molecular weight is 409 g/mol. The lowest BCUT2D eigenvalue weighted by Gasteiger charge is -2.13. The second-order valence-corrected chi connectivity index (χ2v) is 6.84. The fourth-order valence-corrected chi connectivity index (χ4v) is 3.85. The molecule has 0 aliphatic rings. The predicted molar refractivity (Wildman–Crippen MR) is 105 cm³/mol. The number of fused-ring (bicyclic) bond motifs is 2. The van der Waals surface area contributed by atoms with Crippen molar-refractivity contribution in [1.29, 1.82) is 5.26 Å². The molecular formula is C22H14F3N3O2. The quantitative estimate of drug-likeness (QED) is 0.508. The molecule has 0 amide bonds. The van der Waals surface area contributed by atoms with Crippen molar-refractivity contribution in [3.05, 3.63) is 65.5 Å². The van der Waals surface area contributed by atoms with Crippen LogP contribution < -0.4 is 0 Å². The van der Waals surface area contributed by atoms with Gasteiger partial charge in [0, 0.05) is 33.7 Å². The fourth-order valence-electron chi connectivity index (χ4n) is 3.85. The summed E-state index contributed by atoms with van der Waals surface area (Å²) in [4.78, 5) is 15.4. The highest BCUT2D eigenvalue weighted by Crippen LogP contribution is 2.41. The summed E-state index contributed by atoms with van der Waals surface area (Å²) in [6, 6.07) is 12.4. The van der Waals surface area contributed by atoms with Crippen LogP contribution >= 0.6 is 0 Å². The zero-order valence-corrected chi connectivity index (χ0v) is 15.7. The number of rotatable bonds is 3. The van der Waals surface area contributed by atoms with Crippen molar-refractivity contribution >= 4 is 27.8 Å². The monoisotopic (exact) mass is 409 g/mol. The second kappa shape index (κ2) is 6.88. The van der Waals surface area contributed by atoms with Crippen LogP contribution in [0.4, 0.5) is 13.2 Å². The number of nitrogens with zero attached hydrogens (tertiary/aromatic N) is 3. The van der Waals surface area contributed by atoms with Crippen molar-refractivity contribution in [2.45, 2.75) is 19.6 Å². The van der Waals surface area contributed by atoms with Crippen LogP contribution in [0.5, 0.6) is 0 Å². The maximum atomic E-state index is 13.5. The number of carboxylic acids is 1. The Hall–Kier alpha value is -3.86. The highest BCUT2D eigenvalue weighted by atomic mass is 19.4. The number of carboxylic acid groups (broad SMARTS) is 1. The van der Waals surface area contributed by atoms with E-state index in [0.29, 0.717) is 38.7 Å². The third-order valence-corrected chi connectivity index (χ3v) is 5.09. The first-order valence-corrected chi connectivity index (χ1v) is 8.92. The molecule has 1 N–H and O–H groups in total. The number of nitriles is 1. The number of benzene rings is 2. The summed E-state index contributed by atoms with van der Waals surface area (Å²) < 4.78 is 42.0. The van der Waals surface area contributed by atoms with Crippen molar-refractivity contribution in [3.8, 4) is 17.2 Å². The van der Waals surface area contributed by atoms with Crippen LogP contribution in [-0.4, -0.2) is 20.6 Å². The molecule has 4 aromatic rings. The molecule has 4 rings (SSSR count). The van der Waals surface area contributed by atoms with Crippen molar-refractivity contribution < 1.29 is 23.1 Å². The molecule has 0 radical (unpaired) electrons. The summed E-state index contributed by atoms with van der Waals surface area (Å²) in [5.41, 5.74) is 1.57. The molecule has 0 aliphatic heterocycles. The smallest absolute Gasteiger partial charge is 0.418 e. The van der Waals surface area contributed by atoms with Crippen LogP contribution in [0.15, 0.2) is 48.7 Å². The Balaban J connectivity index is 2.12. The van der Waals surface area contributed by atoms with Crippen LogP contribution in [0.25, 0.3) is 32.9 Å². The van der Waals surface area contributed by atoms with Crippen molar-refractivity contribution in [2.75, 3.05) is 0 Å². The van der Waals surface area contributed by atoms with Crippen LogP contribution in [-0.2, 0) is 17.5 Å². The number of para-hydroxylation sites is 1. The summed E-state index contributed by atoms with van der Waals surface area (Å²) in [5, 5.41) is 19.5. The van der Waals surface area contributed by atoms with Gasteiger partial charge in [-0.25, -0.2) is 0 Å². The van der Waals surface area contributed by atoms with E-state index < -0.39 is 17.7 Å². The van der Waals surface area contributed by atoms with Gasteiger partial charge in [0.15, 0.2) is 0 Å². The normalized spacial score (nSPS) is 11.7. The van der Waals surface area contributed by atoms with Gasteiger partial charge < -0.3 is 9.67 Å². The summed E-state index contributed by atoms with van der Waals surface area (Å²) in [7, 11) is 0. The van der Waals surface area contributed by atoms with E-state index in [0.717, 1.165) is 6.07 Å². The summed E-state index contributed by atoms with van der Waals surface area (Å²) >= 11 is 0. The van der Waals surface area contributed by atoms with Crippen molar-refractivity contribution in [3.63, 3.8) is 0 Å². The number of aliphatic carboxylic acids is 1. The number of halogens is 3. The summed E-state index contributed by atoms with van der Waals surface area (Å²) in [5.74, 6) is -1.05. The van der Waals surface area contributed by atoms with Crippen LogP contribution in [0.3, 0.4) is 0 Å². The van der Waals surface area contributed by atoms with Gasteiger partial charge in [-0.3, -0.25) is 9.78 Å². The topological polar surface area (TPSA) is 78.9 Å². The lowest BCUT2D eigenvalue weighted by atomic mass is 9.96. The van der Waals surface area contributed by atoms with E-state index in [9.17, 15) is 28.3 Å². The number of pyridine rings is 1. The minimum atomic E-state index is -4.56. The number of aromatic nitrogens is 2. The predicted octanol–water partition coefficient (Wildman–Crippen LogP) is 5.14. The molecule has 0 atom stereocenters. The molecule has 8 heteroatoms. The summed E-state index contributed by atoms with van der Waals surface area (Å²) in [6.07, 6.45) is -3.26. The molecule has 5 nitrogen and oxygen atoms in total. The molecule has 2 heterocycles. The van der Waals surface area contributed by atoms with E-state index in [2.05, 4.69) is 4.98 Å². The molecule has 2 aromatic heterocycles. The Morgan fingerprint density at radius 3 is 2.63 bits per heavy atom. The van der Waals surface area contributed by atoms with E-state index in [-0.39, 0.29) is 12.1 Å². The van der Waals surface area contributed by atoms with Gasteiger partial charge in [-0.1, -0.05) is 12.1 Å². The van der Waals surface area contributed by atoms with Crippen LogP contribution in [0.1, 0.15) is 16.8 Å². The zero-order valence-electron chi connectivity index (χ0n) is 15.7. The van der Waals surface area contributed by atoms with Gasteiger partial charge in [0.25, 0.3) is 0 Å². The molecule has 2 aromatic carbocycles. The minimum absolute atomic E-state index is 0.183. The first kappa shape index (κ1) is 19.5. The maximum Gasteiger partial charge on any atom is 0.418 e. The third-order valence-electron chi connectivity index (χ3n) is 5.09. The van der Waals surface area contributed by atoms with Crippen molar-refractivity contribution in [2.24, 2.45) is 0 Å². The lowest BCUT2D eigenvalue weighted by Crippen LogP contribution is -2.10. The Labute approximate surface area is 168 Å². The molecule has 0 unspecified atom stereocenters. The van der Waals surface area contributed by atoms with Gasteiger partial charge in [0.2, 0.25) is 0 Å². The molecule has 150 valence electrons. The van der Waals surface area contributed by atoms with Gasteiger partial charge >= 0.3 is 12.1 Å². The highest BCUT2D eigenvalue weighted by Gasteiger charge is 2.33.